The average Bonchev–Trinajstić information content (AvgIpc) is 3.24. The molecule has 0 spiro atoms. The van der Waals surface area contributed by atoms with E-state index >= 15 is 0 Å². The van der Waals surface area contributed by atoms with Crippen LogP contribution in [0.25, 0.3) is 0 Å². The monoisotopic (exact) mass is 379 g/mol. The molecule has 1 N–H and O–H groups in total. The van der Waals surface area contributed by atoms with Crippen molar-refractivity contribution < 1.29 is 13.7 Å². The summed E-state index contributed by atoms with van der Waals surface area (Å²) in [6.45, 7) is 4.64. The second kappa shape index (κ2) is 6.95. The Morgan fingerprint density at radius 2 is 2.18 bits per heavy atom. The predicted molar refractivity (Wildman–Crippen MR) is 104 cm³/mol. The minimum atomic E-state index is -0.279. The predicted octanol–water partition coefficient (Wildman–Crippen LogP) is 4.44. The number of hydrogen-bond acceptors (Lipinski definition) is 5. The molecule has 0 unspecified atom stereocenters. The van der Waals surface area contributed by atoms with Gasteiger partial charge in [0.05, 0.1) is 5.56 Å². The molecule has 0 saturated heterocycles. The van der Waals surface area contributed by atoms with Crippen molar-refractivity contribution in [3.8, 4) is 5.75 Å². The molecule has 28 heavy (non-hydrogen) atoms. The van der Waals surface area contributed by atoms with Crippen LogP contribution < -0.4 is 10.1 Å². The van der Waals surface area contributed by atoms with Crippen LogP contribution >= 0.6 is 0 Å². The van der Waals surface area contributed by atoms with Gasteiger partial charge in [0, 0.05) is 38.2 Å². The molecule has 2 aliphatic rings. The highest BCUT2D eigenvalue weighted by Gasteiger charge is 2.25. The van der Waals surface area contributed by atoms with Crippen molar-refractivity contribution in [2.75, 3.05) is 11.9 Å². The summed E-state index contributed by atoms with van der Waals surface area (Å²) in [6.07, 6.45) is 2.05. The summed E-state index contributed by atoms with van der Waals surface area (Å²) < 4.78 is 24.8. The molecule has 1 atom stereocenters. The van der Waals surface area contributed by atoms with Gasteiger partial charge in [-0.1, -0.05) is 23.4 Å². The summed E-state index contributed by atoms with van der Waals surface area (Å²) in [7, 11) is 0. The molecule has 5 rings (SSSR count). The lowest BCUT2D eigenvalue weighted by molar-refractivity contribution is 0.228. The molecule has 144 valence electrons. The van der Waals surface area contributed by atoms with Gasteiger partial charge in [-0.3, -0.25) is 4.90 Å². The third kappa shape index (κ3) is 3.36. The van der Waals surface area contributed by atoms with Crippen LogP contribution in [-0.4, -0.2) is 22.7 Å². The first-order chi connectivity index (χ1) is 13.6. The molecule has 1 aromatic heterocycles. The molecular formula is C22H22FN3O2. The molecule has 0 bridgehead atoms. The third-order valence-electron chi connectivity index (χ3n) is 5.36. The van der Waals surface area contributed by atoms with Crippen LogP contribution in [-0.2, 0) is 25.9 Å². The van der Waals surface area contributed by atoms with E-state index in [0.717, 1.165) is 49.5 Å². The number of nitrogens with zero attached hydrogens (tertiary/aromatic N) is 2. The Labute approximate surface area is 163 Å². The Morgan fingerprint density at radius 3 is 3.07 bits per heavy atom. The number of rotatable bonds is 4. The summed E-state index contributed by atoms with van der Waals surface area (Å²) in [5, 5.41) is 7.36. The van der Waals surface area contributed by atoms with E-state index in [1.807, 2.05) is 6.07 Å². The molecule has 3 aromatic rings. The number of aromatic nitrogens is 1. The SMILES string of the molecule is C[C@@H]1Cc2cc(CN3CCc4onc(Nc5cccc(F)c5)c4C3)ccc2O1. The van der Waals surface area contributed by atoms with Crippen molar-refractivity contribution in [3.63, 3.8) is 0 Å². The highest BCUT2D eigenvalue weighted by Crippen LogP contribution is 2.32. The van der Waals surface area contributed by atoms with E-state index in [-0.39, 0.29) is 11.9 Å². The first-order valence-corrected chi connectivity index (χ1v) is 9.65. The molecule has 0 fully saturated rings. The number of anilines is 2. The molecule has 0 radical (unpaired) electrons. The van der Waals surface area contributed by atoms with E-state index in [1.54, 1.807) is 6.07 Å². The van der Waals surface area contributed by atoms with Gasteiger partial charge in [-0.25, -0.2) is 4.39 Å². The topological polar surface area (TPSA) is 50.5 Å². The number of fused-ring (bicyclic) bond motifs is 2. The Hall–Kier alpha value is -2.86. The standard InChI is InChI=1S/C22H22FN3O2/c1-14-9-16-10-15(5-6-20(16)27-14)12-26-8-7-21-19(13-26)22(25-28-21)24-18-4-2-3-17(23)11-18/h2-6,10-11,14H,7-9,12-13H2,1H3,(H,24,25)/t14-/m1/s1. The van der Waals surface area contributed by atoms with Crippen molar-refractivity contribution >= 4 is 11.5 Å². The normalized spacial score (nSPS) is 18.4. The molecule has 2 aliphatic heterocycles. The van der Waals surface area contributed by atoms with Crippen LogP contribution in [0, 0.1) is 5.82 Å². The van der Waals surface area contributed by atoms with Crippen LogP contribution in [0.3, 0.4) is 0 Å². The Kier molecular flexibility index (Phi) is 4.28. The molecule has 6 heteroatoms. The first-order valence-electron chi connectivity index (χ1n) is 9.65. The van der Waals surface area contributed by atoms with Gasteiger partial charge in [-0.2, -0.15) is 0 Å². The smallest absolute Gasteiger partial charge is 0.178 e. The maximum atomic E-state index is 13.5. The molecule has 2 aromatic carbocycles. The van der Waals surface area contributed by atoms with E-state index in [9.17, 15) is 4.39 Å². The molecule has 0 saturated carbocycles. The van der Waals surface area contributed by atoms with Gasteiger partial charge in [-0.15, -0.1) is 0 Å². The van der Waals surface area contributed by atoms with Crippen LogP contribution in [0.2, 0.25) is 0 Å². The zero-order chi connectivity index (χ0) is 19.1. The molecule has 3 heterocycles. The Bertz CT molecular complexity index is 1020. The van der Waals surface area contributed by atoms with Crippen molar-refractivity contribution in [1.29, 1.82) is 0 Å². The fourth-order valence-corrected chi connectivity index (χ4v) is 4.03. The van der Waals surface area contributed by atoms with Crippen molar-refractivity contribution in [3.05, 3.63) is 70.7 Å². The lowest BCUT2D eigenvalue weighted by atomic mass is 10.0. The van der Waals surface area contributed by atoms with Gasteiger partial charge in [0.15, 0.2) is 5.82 Å². The van der Waals surface area contributed by atoms with E-state index in [0.29, 0.717) is 11.5 Å². The van der Waals surface area contributed by atoms with Crippen molar-refractivity contribution in [1.82, 2.24) is 10.1 Å². The number of benzene rings is 2. The lowest BCUT2D eigenvalue weighted by Gasteiger charge is -2.26. The van der Waals surface area contributed by atoms with Gasteiger partial charge in [-0.05, 0) is 42.3 Å². The Balaban J connectivity index is 1.31. The van der Waals surface area contributed by atoms with Crippen LogP contribution in [0.5, 0.6) is 5.75 Å². The highest BCUT2D eigenvalue weighted by molar-refractivity contribution is 5.60. The van der Waals surface area contributed by atoms with E-state index in [2.05, 4.69) is 40.5 Å². The maximum Gasteiger partial charge on any atom is 0.178 e. The summed E-state index contributed by atoms with van der Waals surface area (Å²) in [5.41, 5.74) is 4.30. The summed E-state index contributed by atoms with van der Waals surface area (Å²) in [4.78, 5) is 2.39. The number of hydrogen-bond donors (Lipinski definition) is 1. The lowest BCUT2D eigenvalue weighted by Crippen LogP contribution is -2.29. The second-order valence-corrected chi connectivity index (χ2v) is 7.60. The van der Waals surface area contributed by atoms with Crippen molar-refractivity contribution in [2.45, 2.75) is 39.0 Å². The number of nitrogens with one attached hydrogen (secondary N) is 1. The zero-order valence-corrected chi connectivity index (χ0v) is 15.7. The number of halogens is 1. The molecule has 0 aliphatic carbocycles. The Morgan fingerprint density at radius 1 is 1.25 bits per heavy atom. The number of ether oxygens (including phenoxy) is 1. The summed E-state index contributed by atoms with van der Waals surface area (Å²) in [6, 6.07) is 12.9. The van der Waals surface area contributed by atoms with Crippen molar-refractivity contribution in [2.24, 2.45) is 0 Å². The second-order valence-electron chi connectivity index (χ2n) is 7.60. The van der Waals surface area contributed by atoms with Gasteiger partial charge in [0.2, 0.25) is 0 Å². The average molecular weight is 379 g/mol. The van der Waals surface area contributed by atoms with E-state index in [4.69, 9.17) is 9.26 Å². The third-order valence-corrected chi connectivity index (χ3v) is 5.36. The van der Waals surface area contributed by atoms with Crippen LogP contribution in [0.1, 0.15) is 29.4 Å². The maximum absolute atomic E-state index is 13.5. The summed E-state index contributed by atoms with van der Waals surface area (Å²) in [5.74, 6) is 2.31. The van der Waals surface area contributed by atoms with E-state index < -0.39 is 0 Å². The van der Waals surface area contributed by atoms with Gasteiger partial charge in [0.25, 0.3) is 0 Å². The van der Waals surface area contributed by atoms with Gasteiger partial charge in [0.1, 0.15) is 23.4 Å². The quantitative estimate of drug-likeness (QED) is 0.726. The minimum absolute atomic E-state index is 0.260. The first kappa shape index (κ1) is 17.3. The van der Waals surface area contributed by atoms with E-state index in [1.165, 1.54) is 23.3 Å². The molecule has 0 amide bonds. The highest BCUT2D eigenvalue weighted by atomic mass is 19.1. The van der Waals surface area contributed by atoms with Gasteiger partial charge >= 0.3 is 0 Å². The van der Waals surface area contributed by atoms with Crippen LogP contribution in [0.4, 0.5) is 15.9 Å². The van der Waals surface area contributed by atoms with Gasteiger partial charge < -0.3 is 14.6 Å². The molecule has 5 nitrogen and oxygen atoms in total. The van der Waals surface area contributed by atoms with Crippen LogP contribution in [0.15, 0.2) is 47.0 Å². The fourth-order valence-electron chi connectivity index (χ4n) is 4.03. The summed E-state index contributed by atoms with van der Waals surface area (Å²) >= 11 is 0. The fraction of sp³-hybridized carbons (Fsp3) is 0.318. The largest absolute Gasteiger partial charge is 0.490 e. The minimum Gasteiger partial charge on any atom is -0.490 e. The zero-order valence-electron chi connectivity index (χ0n) is 15.7. The molecular weight excluding hydrogens is 357 g/mol.